The molecule has 0 saturated heterocycles. The molecule has 0 rings (SSSR count). The van der Waals surface area contributed by atoms with Crippen molar-refractivity contribution in [1.29, 1.82) is 0 Å². The number of esters is 1. The minimum Gasteiger partial charge on any atom is -0.743 e. The summed E-state index contributed by atoms with van der Waals surface area (Å²) in [6, 6.07) is 0. The van der Waals surface area contributed by atoms with Crippen molar-refractivity contribution in [1.82, 2.24) is 0 Å². The van der Waals surface area contributed by atoms with Gasteiger partial charge in [-0.05, 0) is 20.8 Å². The lowest BCUT2D eigenvalue weighted by Crippen LogP contribution is -2.47. The summed E-state index contributed by atoms with van der Waals surface area (Å²) >= 11 is 0. The molecule has 23 heavy (non-hydrogen) atoms. The Labute approximate surface area is 131 Å². The van der Waals surface area contributed by atoms with Crippen LogP contribution >= 0.6 is 0 Å². The van der Waals surface area contributed by atoms with Crippen LogP contribution in [0.3, 0.4) is 0 Å². The Balaban J connectivity index is 4.47. The Kier molecular flexibility index (Phi) is 6.77. The van der Waals surface area contributed by atoms with Crippen molar-refractivity contribution in [3.63, 3.8) is 0 Å². The van der Waals surface area contributed by atoms with E-state index in [2.05, 4.69) is 11.3 Å². The third-order valence-corrected chi connectivity index (χ3v) is 3.19. The molecular weight excluding hydrogens is 348 g/mol. The van der Waals surface area contributed by atoms with Crippen LogP contribution in [0.25, 0.3) is 0 Å². The van der Waals surface area contributed by atoms with Gasteiger partial charge in [0, 0.05) is 6.42 Å². The van der Waals surface area contributed by atoms with Gasteiger partial charge in [-0.3, -0.25) is 0 Å². The van der Waals surface area contributed by atoms with Crippen molar-refractivity contribution in [2.45, 2.75) is 44.0 Å². The molecule has 0 saturated carbocycles. The number of rotatable bonds is 8. The van der Waals surface area contributed by atoms with Crippen molar-refractivity contribution in [2.75, 3.05) is 13.2 Å². The molecule has 0 aromatic heterocycles. The second-order valence-electron chi connectivity index (χ2n) is 5.58. The first-order valence-electron chi connectivity index (χ1n) is 6.21. The fourth-order valence-corrected chi connectivity index (χ4v) is 1.60. The molecule has 0 aliphatic carbocycles. The maximum absolute atomic E-state index is 13.1. The molecule has 0 radical (unpaired) electrons. The zero-order chi connectivity index (χ0) is 18.7. The van der Waals surface area contributed by atoms with Crippen molar-refractivity contribution in [3.8, 4) is 0 Å². The quantitative estimate of drug-likeness (QED) is 0.215. The maximum atomic E-state index is 13.1. The van der Waals surface area contributed by atoms with Crippen LogP contribution in [0.15, 0.2) is 12.2 Å². The number of halogens is 4. The molecule has 0 fully saturated rings. The molecule has 0 spiro atoms. The molecule has 0 aliphatic heterocycles. The first-order valence-corrected chi connectivity index (χ1v) is 7.62. The van der Waals surface area contributed by atoms with E-state index < -0.39 is 52.5 Å². The first kappa shape index (κ1) is 21.8. The van der Waals surface area contributed by atoms with Crippen molar-refractivity contribution in [3.05, 3.63) is 12.2 Å². The fraction of sp³-hybridized carbons (Fsp3) is 0.750. The summed E-state index contributed by atoms with van der Waals surface area (Å²) in [5.74, 6) is -5.97. The van der Waals surface area contributed by atoms with E-state index >= 15 is 0 Å². The average molecular weight is 365 g/mol. The van der Waals surface area contributed by atoms with Gasteiger partial charge < -0.3 is 14.0 Å². The molecule has 0 amide bonds. The first-order chi connectivity index (χ1) is 10.0. The molecule has 0 atom stereocenters. The van der Waals surface area contributed by atoms with Crippen LogP contribution in [-0.2, 0) is 24.4 Å². The third kappa shape index (κ3) is 6.43. The Morgan fingerprint density at radius 2 is 1.65 bits per heavy atom. The predicted molar refractivity (Wildman–Crippen MR) is 70.0 cm³/mol. The summed E-state index contributed by atoms with van der Waals surface area (Å²) in [4.78, 5) is 11.4. The van der Waals surface area contributed by atoms with Crippen LogP contribution in [0.1, 0.15) is 27.2 Å². The Hall–Kier alpha value is -1.20. The standard InChI is InChI=1S/C12H18F4O6S/c1-8(9(17)22-10(2,3)4)7-21-6-5-11(13,14)12(15,16)23(18,19)20/h1,5-7H2,2-4H3,(H,18,19,20)/p-1. The van der Waals surface area contributed by atoms with Gasteiger partial charge in [-0.15, -0.1) is 0 Å². The van der Waals surface area contributed by atoms with Gasteiger partial charge in [-0.2, -0.15) is 17.6 Å². The van der Waals surface area contributed by atoms with Crippen LogP contribution in [0.2, 0.25) is 0 Å². The van der Waals surface area contributed by atoms with Crippen molar-refractivity contribution >= 4 is 16.1 Å². The van der Waals surface area contributed by atoms with Gasteiger partial charge in [-0.25, -0.2) is 13.2 Å². The molecule has 0 aromatic rings. The summed E-state index contributed by atoms with van der Waals surface area (Å²) in [7, 11) is -6.53. The highest BCUT2D eigenvalue weighted by Gasteiger charge is 2.61. The highest BCUT2D eigenvalue weighted by Crippen LogP contribution is 2.40. The largest absolute Gasteiger partial charge is 0.743 e. The molecular formula is C12H17F4O6S-. The Morgan fingerprint density at radius 1 is 1.17 bits per heavy atom. The van der Waals surface area contributed by atoms with E-state index in [-0.39, 0.29) is 5.57 Å². The average Bonchev–Trinajstić information content (AvgIpc) is 2.30. The van der Waals surface area contributed by atoms with E-state index in [0.29, 0.717) is 0 Å². The van der Waals surface area contributed by atoms with Crippen LogP contribution in [0, 0.1) is 0 Å². The monoisotopic (exact) mass is 365 g/mol. The smallest absolute Gasteiger partial charge is 0.396 e. The van der Waals surface area contributed by atoms with Gasteiger partial charge >= 0.3 is 17.1 Å². The highest BCUT2D eigenvalue weighted by atomic mass is 32.2. The van der Waals surface area contributed by atoms with Crippen LogP contribution < -0.4 is 0 Å². The number of ether oxygens (including phenoxy) is 2. The molecule has 0 bridgehead atoms. The molecule has 6 nitrogen and oxygen atoms in total. The number of hydrogen-bond acceptors (Lipinski definition) is 6. The summed E-state index contributed by atoms with van der Waals surface area (Å²) in [5.41, 5.74) is -1.07. The van der Waals surface area contributed by atoms with E-state index in [1.165, 1.54) is 0 Å². The van der Waals surface area contributed by atoms with Crippen LogP contribution in [0.4, 0.5) is 17.6 Å². The fourth-order valence-electron chi connectivity index (χ4n) is 1.13. The zero-order valence-corrected chi connectivity index (χ0v) is 13.5. The van der Waals surface area contributed by atoms with E-state index in [1.807, 2.05) is 0 Å². The molecule has 136 valence electrons. The summed E-state index contributed by atoms with van der Waals surface area (Å²) in [6.07, 6.45) is -1.73. The van der Waals surface area contributed by atoms with Crippen LogP contribution in [0.5, 0.6) is 0 Å². The molecule has 0 unspecified atom stereocenters. The summed E-state index contributed by atoms with van der Waals surface area (Å²) in [6.45, 7) is 6.39. The summed E-state index contributed by atoms with van der Waals surface area (Å²) < 4.78 is 91.7. The van der Waals surface area contributed by atoms with E-state index in [1.54, 1.807) is 20.8 Å². The predicted octanol–water partition coefficient (Wildman–Crippen LogP) is 2.06. The molecule has 11 heteroatoms. The SMILES string of the molecule is C=C(COCCC(F)(F)C(F)(F)S(=O)(=O)[O-])C(=O)OC(C)(C)C. The normalized spacial score (nSPS) is 13.7. The lowest BCUT2D eigenvalue weighted by Gasteiger charge is -2.28. The second-order valence-corrected chi connectivity index (χ2v) is 7.00. The minimum atomic E-state index is -6.53. The molecule has 0 N–H and O–H groups in total. The number of alkyl halides is 4. The van der Waals surface area contributed by atoms with E-state index in [0.717, 1.165) is 0 Å². The van der Waals surface area contributed by atoms with E-state index in [4.69, 9.17) is 4.74 Å². The van der Waals surface area contributed by atoms with Gasteiger partial charge in [0.25, 0.3) is 0 Å². The van der Waals surface area contributed by atoms with Gasteiger partial charge in [-0.1, -0.05) is 6.58 Å². The third-order valence-electron chi connectivity index (χ3n) is 2.26. The molecule has 0 heterocycles. The lowest BCUT2D eigenvalue weighted by molar-refractivity contribution is -0.171. The van der Waals surface area contributed by atoms with Gasteiger partial charge in [0.15, 0.2) is 10.1 Å². The number of carbonyl (C=O) groups excluding carboxylic acids is 1. The topological polar surface area (TPSA) is 92.7 Å². The highest BCUT2D eigenvalue weighted by molar-refractivity contribution is 7.86. The van der Waals surface area contributed by atoms with Crippen molar-refractivity contribution in [2.24, 2.45) is 0 Å². The maximum Gasteiger partial charge on any atom is 0.396 e. The van der Waals surface area contributed by atoms with Crippen molar-refractivity contribution < 1.29 is 44.8 Å². The number of hydrogen-bond donors (Lipinski definition) is 0. The molecule has 0 aliphatic rings. The van der Waals surface area contributed by atoms with Gasteiger partial charge in [0.2, 0.25) is 0 Å². The minimum absolute atomic E-state index is 0.244. The zero-order valence-electron chi connectivity index (χ0n) is 12.7. The number of carbonyl (C=O) groups is 1. The Bertz CT molecular complexity index is 550. The van der Waals surface area contributed by atoms with E-state index in [9.17, 15) is 35.3 Å². The lowest BCUT2D eigenvalue weighted by atomic mass is 10.2. The molecule has 0 aromatic carbocycles. The van der Waals surface area contributed by atoms with Gasteiger partial charge in [0.1, 0.15) is 5.60 Å². The second kappa shape index (κ2) is 7.14. The van der Waals surface area contributed by atoms with Crippen LogP contribution in [-0.4, -0.2) is 48.9 Å². The Morgan fingerprint density at radius 3 is 2.04 bits per heavy atom. The van der Waals surface area contributed by atoms with Gasteiger partial charge in [0.05, 0.1) is 18.8 Å². The summed E-state index contributed by atoms with van der Waals surface area (Å²) in [5, 5.41) is -5.76.